The second-order valence-corrected chi connectivity index (χ2v) is 14.7. The number of rotatable bonds is 8. The molecule has 2 aliphatic rings. The predicted molar refractivity (Wildman–Crippen MR) is 247 cm³/mol. The first kappa shape index (κ1) is 40.6. The van der Waals surface area contributed by atoms with Crippen LogP contribution in [-0.2, 0) is 0 Å². The Kier molecular flexibility index (Phi) is 10.7. The minimum absolute atomic E-state index is 0.371. The highest BCUT2D eigenvalue weighted by Gasteiger charge is 2.21. The van der Waals surface area contributed by atoms with Crippen LogP contribution in [0.5, 0.6) is 0 Å². The Morgan fingerprint density at radius 2 is 0.562 bits per heavy atom. The Hall–Kier alpha value is -8.80. The summed E-state index contributed by atoms with van der Waals surface area (Å²) in [7, 11) is 0. The molecular formula is C48H38N12O4. The van der Waals surface area contributed by atoms with Crippen LogP contribution in [-0.4, -0.2) is 43.6 Å². The highest BCUT2D eigenvalue weighted by Crippen LogP contribution is 2.39. The Balaban J connectivity index is 1.40. The molecule has 3 aromatic heterocycles. The number of hydrogen-bond acceptors (Lipinski definition) is 10. The monoisotopic (exact) mass is 846 g/mol. The lowest BCUT2D eigenvalue weighted by molar-refractivity contribution is 0.0945. The molecule has 16 nitrogen and oxygen atoms in total. The fourth-order valence-corrected chi connectivity index (χ4v) is 7.91. The molecule has 0 radical (unpaired) electrons. The topological polar surface area (TPSA) is 278 Å². The number of carbonyl (C=O) groups is 4. The second-order valence-electron chi connectivity index (χ2n) is 14.7. The maximum absolute atomic E-state index is 12.5. The van der Waals surface area contributed by atoms with Gasteiger partial charge in [-0.3, -0.25) is 40.9 Å². The molecule has 8 bridgehead atoms. The van der Waals surface area contributed by atoms with Crippen molar-refractivity contribution < 1.29 is 19.2 Å². The normalized spacial score (nSPS) is 11.6. The minimum Gasteiger partial charge on any atom is -0.354 e. The van der Waals surface area contributed by atoms with Crippen LogP contribution in [0.2, 0.25) is 0 Å². The SMILES string of the molecule is NNC(=O)c1ccc(-c2c3nc(c(-c4ccc(C(=O)NN)cc4)c4ccc([nH]4)c(-c4ccc(C(=O)NN)cc4)c4ccc([nH]4)c(-c4ccc(C(=O)NN)cc4)c4nc2C=C4)C=C3)cc1. The Morgan fingerprint density at radius 1 is 0.328 bits per heavy atom. The molecule has 4 aromatic carbocycles. The molecular weight excluding hydrogens is 809 g/mol. The lowest BCUT2D eigenvalue weighted by atomic mass is 10.0. The van der Waals surface area contributed by atoms with E-state index in [9.17, 15) is 19.2 Å². The van der Waals surface area contributed by atoms with Gasteiger partial charge in [-0.1, -0.05) is 48.5 Å². The molecule has 0 saturated heterocycles. The van der Waals surface area contributed by atoms with Crippen LogP contribution in [0.1, 0.15) is 64.2 Å². The van der Waals surface area contributed by atoms with Crippen molar-refractivity contribution in [3.63, 3.8) is 0 Å². The van der Waals surface area contributed by atoms with E-state index in [1.165, 1.54) is 0 Å². The third-order valence-corrected chi connectivity index (χ3v) is 11.0. The molecule has 0 aliphatic carbocycles. The first-order valence-electron chi connectivity index (χ1n) is 19.8. The van der Waals surface area contributed by atoms with Crippen LogP contribution in [0.3, 0.4) is 0 Å². The maximum Gasteiger partial charge on any atom is 0.265 e. The molecule has 5 heterocycles. The number of H-pyrrole nitrogens is 2. The zero-order valence-electron chi connectivity index (χ0n) is 33.7. The van der Waals surface area contributed by atoms with E-state index in [0.717, 1.165) is 50.0 Å². The quantitative estimate of drug-likeness (QED) is 0.0503. The van der Waals surface area contributed by atoms with Gasteiger partial charge in [-0.15, -0.1) is 0 Å². The fraction of sp³-hybridized carbons (Fsp3) is 0. The zero-order valence-corrected chi connectivity index (χ0v) is 33.7. The van der Waals surface area contributed by atoms with Gasteiger partial charge in [0.15, 0.2) is 0 Å². The van der Waals surface area contributed by atoms with E-state index in [1.807, 2.05) is 97.1 Å². The van der Waals surface area contributed by atoms with Crippen LogP contribution in [0, 0.1) is 0 Å². The summed E-state index contributed by atoms with van der Waals surface area (Å²) in [5, 5.41) is 0. The first-order chi connectivity index (χ1) is 31.2. The molecule has 0 unspecified atom stereocenters. The number of nitrogen functional groups attached to an aromatic ring is 4. The summed E-state index contributed by atoms with van der Waals surface area (Å²) < 4.78 is 0. The Bertz CT molecular complexity index is 3100. The van der Waals surface area contributed by atoms with Gasteiger partial charge in [0, 0.05) is 66.6 Å². The summed E-state index contributed by atoms with van der Waals surface area (Å²) in [6.45, 7) is 0. The Labute approximate surface area is 364 Å². The third-order valence-electron chi connectivity index (χ3n) is 11.0. The van der Waals surface area contributed by atoms with Gasteiger partial charge < -0.3 is 9.97 Å². The average Bonchev–Trinajstić information content (AvgIpc) is 4.20. The van der Waals surface area contributed by atoms with E-state index in [-0.39, 0.29) is 0 Å². The van der Waals surface area contributed by atoms with E-state index in [1.54, 1.807) is 48.5 Å². The fourth-order valence-electron chi connectivity index (χ4n) is 7.91. The molecule has 0 fully saturated rings. The number of nitrogens with zero attached hydrogens (tertiary/aromatic N) is 2. The third kappa shape index (κ3) is 7.48. The van der Waals surface area contributed by atoms with E-state index in [2.05, 4.69) is 31.7 Å². The van der Waals surface area contributed by atoms with E-state index >= 15 is 0 Å². The van der Waals surface area contributed by atoms with E-state index < -0.39 is 23.6 Å². The van der Waals surface area contributed by atoms with Gasteiger partial charge in [0.25, 0.3) is 23.6 Å². The molecule has 314 valence electrons. The number of nitrogens with one attached hydrogen (secondary N) is 6. The number of amides is 4. The number of aromatic nitrogens is 4. The second kappa shape index (κ2) is 16.9. The summed E-state index contributed by atoms with van der Waals surface area (Å²) in [6, 6.07) is 36.0. The van der Waals surface area contributed by atoms with Crippen LogP contribution in [0.25, 0.3) is 90.9 Å². The number of fused-ring (bicyclic) bond motifs is 8. The summed E-state index contributed by atoms with van der Waals surface area (Å²) in [6.07, 6.45) is 7.67. The molecule has 64 heavy (non-hydrogen) atoms. The lowest BCUT2D eigenvalue weighted by Gasteiger charge is -2.08. The number of hydrogen-bond donors (Lipinski definition) is 10. The van der Waals surface area contributed by atoms with Gasteiger partial charge >= 0.3 is 0 Å². The van der Waals surface area contributed by atoms with Crippen molar-refractivity contribution in [2.75, 3.05) is 0 Å². The Morgan fingerprint density at radius 3 is 0.844 bits per heavy atom. The summed E-state index contributed by atoms with van der Waals surface area (Å²) in [5.74, 6) is 20.1. The number of carbonyl (C=O) groups excluding carboxylic acids is 4. The molecule has 2 aliphatic heterocycles. The van der Waals surface area contributed by atoms with Gasteiger partial charge in [-0.05, 0) is 119 Å². The molecule has 0 spiro atoms. The molecule has 0 atom stereocenters. The van der Waals surface area contributed by atoms with E-state index in [0.29, 0.717) is 61.6 Å². The van der Waals surface area contributed by atoms with Crippen molar-refractivity contribution >= 4 is 70.0 Å². The molecule has 16 heteroatoms. The highest BCUT2D eigenvalue weighted by molar-refractivity contribution is 6.02. The minimum atomic E-state index is -0.438. The van der Waals surface area contributed by atoms with Crippen LogP contribution < -0.4 is 45.1 Å². The smallest absolute Gasteiger partial charge is 0.265 e. The van der Waals surface area contributed by atoms with Crippen LogP contribution >= 0.6 is 0 Å². The largest absolute Gasteiger partial charge is 0.354 e. The molecule has 14 N–H and O–H groups in total. The zero-order chi connectivity index (χ0) is 44.5. The highest BCUT2D eigenvalue weighted by atomic mass is 16.2. The molecule has 4 amide bonds. The van der Waals surface area contributed by atoms with Crippen molar-refractivity contribution in [1.29, 1.82) is 0 Å². The van der Waals surface area contributed by atoms with Crippen molar-refractivity contribution in [3.8, 4) is 44.5 Å². The van der Waals surface area contributed by atoms with Crippen molar-refractivity contribution in [1.82, 2.24) is 41.6 Å². The van der Waals surface area contributed by atoms with Gasteiger partial charge in [0.2, 0.25) is 0 Å². The summed E-state index contributed by atoms with van der Waals surface area (Å²) >= 11 is 0. The van der Waals surface area contributed by atoms with Gasteiger partial charge in [0.1, 0.15) is 0 Å². The molecule has 0 saturated carbocycles. The van der Waals surface area contributed by atoms with Crippen LogP contribution in [0.4, 0.5) is 0 Å². The standard InChI is InChI=1S/C48H38N12O4/c49-57-45(61)29-9-1-25(2-10-29)41-33-17-19-35(53-33)42(26-3-11-30(12-4-26)46(62)58-50)37-21-23-39(55-37)44(28-7-15-32(16-8-28)48(64)60-52)40-24-22-38(56-40)43(36-20-18-34(41)54-36)27-5-13-31(14-6-27)47(63)59-51/h1-24,53-54H,49-52H2,(H,57,61)(H,58,62)(H,59,63)(H,60,64). The first-order valence-corrected chi connectivity index (χ1v) is 19.8. The lowest BCUT2D eigenvalue weighted by Crippen LogP contribution is -2.29. The van der Waals surface area contributed by atoms with Crippen molar-refractivity contribution in [3.05, 3.63) is 166 Å². The molecule has 7 aromatic rings. The van der Waals surface area contributed by atoms with Gasteiger partial charge in [-0.25, -0.2) is 33.3 Å². The number of nitrogens with two attached hydrogens (primary N) is 4. The van der Waals surface area contributed by atoms with Gasteiger partial charge in [0.05, 0.1) is 22.8 Å². The van der Waals surface area contributed by atoms with Crippen LogP contribution in [0.15, 0.2) is 121 Å². The predicted octanol–water partition coefficient (Wildman–Crippen LogP) is 5.74. The van der Waals surface area contributed by atoms with E-state index in [4.69, 9.17) is 33.3 Å². The molecule has 9 rings (SSSR count). The van der Waals surface area contributed by atoms with Gasteiger partial charge in [-0.2, -0.15) is 0 Å². The maximum atomic E-state index is 12.5. The summed E-state index contributed by atoms with van der Waals surface area (Å²) in [4.78, 5) is 67.7. The van der Waals surface area contributed by atoms with Crippen molar-refractivity contribution in [2.45, 2.75) is 0 Å². The van der Waals surface area contributed by atoms with Crippen molar-refractivity contribution in [2.24, 2.45) is 23.4 Å². The summed E-state index contributed by atoms with van der Waals surface area (Å²) in [5.41, 5.74) is 21.5. The average molecular weight is 847 g/mol. The number of hydrazine groups is 4. The number of benzene rings is 4. The number of aromatic amines is 2.